The van der Waals surface area contributed by atoms with E-state index in [0.29, 0.717) is 0 Å². The predicted molar refractivity (Wildman–Crippen MR) is 74.2 cm³/mol. The minimum Gasteiger partial charge on any atom is -0.321 e. The molecule has 1 aromatic carbocycles. The van der Waals surface area contributed by atoms with E-state index < -0.39 is 0 Å². The summed E-state index contributed by atoms with van der Waals surface area (Å²) < 4.78 is 0. The largest absolute Gasteiger partial charge is 0.321 e. The zero-order valence-corrected chi connectivity index (χ0v) is 11.6. The van der Waals surface area contributed by atoms with E-state index in [1.54, 1.807) is 11.3 Å². The number of aryl methyl sites for hydroxylation is 2. The van der Waals surface area contributed by atoms with Gasteiger partial charge < -0.3 is 5.73 Å². The Morgan fingerprint density at radius 1 is 1.18 bits per heavy atom. The average Bonchev–Trinajstić information content (AvgIpc) is 2.70. The molecule has 1 aromatic heterocycles. The number of hydrogen-bond donors (Lipinski definition) is 1. The minimum atomic E-state index is -0.367. The summed E-state index contributed by atoms with van der Waals surface area (Å²) in [5, 5.41) is 3.09. The molecule has 2 N–H and O–H groups in total. The normalized spacial score (nSPS) is 11.8. The summed E-state index contributed by atoms with van der Waals surface area (Å²) in [5.74, 6) is 0. The standard InChI is InChI=1S/C14H18N2S/c1-9-5-6-11(7-10(9)2)13-16-12(8-17-13)14(3,4)15/h5-8H,15H2,1-4H3. The summed E-state index contributed by atoms with van der Waals surface area (Å²) in [4.78, 5) is 4.62. The Morgan fingerprint density at radius 2 is 1.88 bits per heavy atom. The molecule has 0 saturated heterocycles. The Labute approximate surface area is 107 Å². The summed E-state index contributed by atoms with van der Waals surface area (Å²) in [5.41, 5.74) is 10.4. The van der Waals surface area contributed by atoms with E-state index >= 15 is 0 Å². The first-order valence-electron chi connectivity index (χ1n) is 5.70. The summed E-state index contributed by atoms with van der Waals surface area (Å²) in [6, 6.07) is 6.44. The van der Waals surface area contributed by atoms with Crippen molar-refractivity contribution in [2.75, 3.05) is 0 Å². The summed E-state index contributed by atoms with van der Waals surface area (Å²) in [6.45, 7) is 8.20. The number of thiazole rings is 1. The number of nitrogens with two attached hydrogens (primary N) is 1. The third kappa shape index (κ3) is 2.56. The Hall–Kier alpha value is -1.19. The van der Waals surface area contributed by atoms with Crippen molar-refractivity contribution in [3.05, 3.63) is 40.4 Å². The lowest BCUT2D eigenvalue weighted by molar-refractivity contribution is 0.539. The number of nitrogens with zero attached hydrogens (tertiary/aromatic N) is 1. The van der Waals surface area contributed by atoms with E-state index in [9.17, 15) is 0 Å². The van der Waals surface area contributed by atoms with Gasteiger partial charge in [0.05, 0.1) is 11.2 Å². The highest BCUT2D eigenvalue weighted by molar-refractivity contribution is 7.13. The van der Waals surface area contributed by atoms with Crippen molar-refractivity contribution in [3.63, 3.8) is 0 Å². The van der Waals surface area contributed by atoms with E-state index in [2.05, 4.69) is 37.0 Å². The Bertz CT molecular complexity index is 535. The molecule has 0 bridgehead atoms. The highest BCUT2D eigenvalue weighted by Gasteiger charge is 2.18. The smallest absolute Gasteiger partial charge is 0.123 e. The Balaban J connectivity index is 2.40. The van der Waals surface area contributed by atoms with Crippen molar-refractivity contribution in [2.45, 2.75) is 33.2 Å². The van der Waals surface area contributed by atoms with Crippen LogP contribution < -0.4 is 5.73 Å². The lowest BCUT2D eigenvalue weighted by Crippen LogP contribution is -2.28. The first kappa shape index (κ1) is 12.3. The fraction of sp³-hybridized carbons (Fsp3) is 0.357. The number of hydrogen-bond acceptors (Lipinski definition) is 3. The van der Waals surface area contributed by atoms with Crippen molar-refractivity contribution in [1.82, 2.24) is 4.98 Å². The molecule has 0 aliphatic rings. The van der Waals surface area contributed by atoms with Crippen molar-refractivity contribution in [1.29, 1.82) is 0 Å². The molecule has 2 rings (SSSR count). The molecule has 0 aliphatic carbocycles. The van der Waals surface area contributed by atoms with Crippen LogP contribution in [0.5, 0.6) is 0 Å². The molecular weight excluding hydrogens is 228 g/mol. The topological polar surface area (TPSA) is 38.9 Å². The molecule has 2 aromatic rings. The van der Waals surface area contributed by atoms with Crippen LogP contribution in [0.1, 0.15) is 30.7 Å². The molecule has 90 valence electrons. The van der Waals surface area contributed by atoms with Gasteiger partial charge in [0.25, 0.3) is 0 Å². The molecular formula is C14H18N2S. The van der Waals surface area contributed by atoms with Gasteiger partial charge in [-0.2, -0.15) is 0 Å². The van der Waals surface area contributed by atoms with Gasteiger partial charge in [-0.3, -0.25) is 0 Å². The van der Waals surface area contributed by atoms with Crippen molar-refractivity contribution in [2.24, 2.45) is 5.73 Å². The molecule has 0 spiro atoms. The third-order valence-electron chi connectivity index (χ3n) is 2.92. The Morgan fingerprint density at radius 3 is 2.41 bits per heavy atom. The molecule has 0 saturated carbocycles. The minimum absolute atomic E-state index is 0.367. The third-order valence-corrected chi connectivity index (χ3v) is 3.81. The summed E-state index contributed by atoms with van der Waals surface area (Å²) in [7, 11) is 0. The fourth-order valence-corrected chi connectivity index (χ4v) is 2.57. The first-order chi connectivity index (χ1) is 7.88. The zero-order valence-electron chi connectivity index (χ0n) is 10.7. The number of rotatable bonds is 2. The van der Waals surface area contributed by atoms with Crippen LogP contribution in [0.15, 0.2) is 23.6 Å². The van der Waals surface area contributed by atoms with Crippen LogP contribution in [0.3, 0.4) is 0 Å². The maximum absolute atomic E-state index is 6.05. The quantitative estimate of drug-likeness (QED) is 0.879. The molecule has 2 nitrogen and oxygen atoms in total. The van der Waals surface area contributed by atoms with Gasteiger partial charge in [-0.1, -0.05) is 12.1 Å². The van der Waals surface area contributed by atoms with Gasteiger partial charge in [-0.25, -0.2) is 4.98 Å². The molecule has 0 amide bonds. The van der Waals surface area contributed by atoms with Crippen LogP contribution in [0.4, 0.5) is 0 Å². The van der Waals surface area contributed by atoms with Crippen LogP contribution in [-0.4, -0.2) is 4.98 Å². The average molecular weight is 246 g/mol. The molecule has 0 unspecified atom stereocenters. The van der Waals surface area contributed by atoms with E-state index in [-0.39, 0.29) is 5.54 Å². The monoisotopic (exact) mass is 246 g/mol. The van der Waals surface area contributed by atoms with Crippen LogP contribution in [0, 0.1) is 13.8 Å². The predicted octanol–water partition coefficient (Wildman–Crippen LogP) is 3.62. The molecule has 0 atom stereocenters. The second kappa shape index (κ2) is 4.24. The zero-order chi connectivity index (χ0) is 12.6. The van der Waals surface area contributed by atoms with E-state index in [1.165, 1.54) is 16.7 Å². The second-order valence-electron chi connectivity index (χ2n) is 5.06. The molecule has 0 fully saturated rings. The van der Waals surface area contributed by atoms with Crippen LogP contribution in [-0.2, 0) is 5.54 Å². The fourth-order valence-electron chi connectivity index (χ4n) is 1.58. The van der Waals surface area contributed by atoms with Gasteiger partial charge in [0.15, 0.2) is 0 Å². The summed E-state index contributed by atoms with van der Waals surface area (Å²) in [6.07, 6.45) is 0. The number of aromatic nitrogens is 1. The molecule has 1 heterocycles. The molecule has 17 heavy (non-hydrogen) atoms. The van der Waals surface area contributed by atoms with Crippen LogP contribution in [0.2, 0.25) is 0 Å². The van der Waals surface area contributed by atoms with Crippen LogP contribution >= 0.6 is 11.3 Å². The van der Waals surface area contributed by atoms with Crippen molar-refractivity contribution >= 4 is 11.3 Å². The molecule has 0 radical (unpaired) electrons. The Kier molecular flexibility index (Phi) is 3.06. The van der Waals surface area contributed by atoms with Gasteiger partial charge in [-0.15, -0.1) is 11.3 Å². The number of benzene rings is 1. The van der Waals surface area contributed by atoms with E-state index in [1.807, 2.05) is 19.2 Å². The maximum atomic E-state index is 6.05. The first-order valence-corrected chi connectivity index (χ1v) is 6.58. The second-order valence-corrected chi connectivity index (χ2v) is 5.92. The van der Waals surface area contributed by atoms with Gasteiger partial charge >= 0.3 is 0 Å². The highest BCUT2D eigenvalue weighted by atomic mass is 32.1. The van der Waals surface area contributed by atoms with Crippen molar-refractivity contribution in [3.8, 4) is 10.6 Å². The van der Waals surface area contributed by atoms with Gasteiger partial charge in [0, 0.05) is 10.9 Å². The van der Waals surface area contributed by atoms with Crippen LogP contribution in [0.25, 0.3) is 10.6 Å². The maximum Gasteiger partial charge on any atom is 0.123 e. The van der Waals surface area contributed by atoms with Gasteiger partial charge in [-0.05, 0) is 44.9 Å². The lowest BCUT2D eigenvalue weighted by atomic mass is 10.0. The summed E-state index contributed by atoms with van der Waals surface area (Å²) >= 11 is 1.65. The molecule has 0 aliphatic heterocycles. The lowest BCUT2D eigenvalue weighted by Gasteiger charge is -2.14. The highest BCUT2D eigenvalue weighted by Crippen LogP contribution is 2.28. The van der Waals surface area contributed by atoms with E-state index in [0.717, 1.165) is 10.7 Å². The molecule has 3 heteroatoms. The van der Waals surface area contributed by atoms with E-state index in [4.69, 9.17) is 5.73 Å². The SMILES string of the molecule is Cc1ccc(-c2nc(C(C)(C)N)cs2)cc1C. The van der Waals surface area contributed by atoms with Gasteiger partial charge in [0.2, 0.25) is 0 Å². The van der Waals surface area contributed by atoms with Crippen molar-refractivity contribution < 1.29 is 0 Å². The van der Waals surface area contributed by atoms with Gasteiger partial charge in [0.1, 0.15) is 5.01 Å².